The Morgan fingerprint density at radius 1 is 1.05 bits per heavy atom. The van der Waals surface area contributed by atoms with Gasteiger partial charge in [-0.3, -0.25) is 0 Å². The molecule has 2 atom stereocenters. The van der Waals surface area contributed by atoms with Crippen LogP contribution >= 0.6 is 23.5 Å². The molecule has 1 aromatic rings. The van der Waals surface area contributed by atoms with E-state index in [4.69, 9.17) is 9.97 Å². The fourth-order valence-electron chi connectivity index (χ4n) is 3.04. The Hall–Kier alpha value is -0.420. The average molecular weight is 310 g/mol. The number of fused-ring (bicyclic) bond motifs is 1. The van der Waals surface area contributed by atoms with Crippen molar-refractivity contribution in [1.82, 2.24) is 9.97 Å². The van der Waals surface area contributed by atoms with Crippen LogP contribution in [0.2, 0.25) is 0 Å². The fourth-order valence-corrected chi connectivity index (χ4v) is 5.73. The molecule has 3 nitrogen and oxygen atoms in total. The molecule has 0 amide bonds. The van der Waals surface area contributed by atoms with E-state index in [9.17, 15) is 0 Å². The second-order valence-electron chi connectivity index (χ2n) is 5.53. The summed E-state index contributed by atoms with van der Waals surface area (Å²) in [5, 5.41) is 4.38. The molecule has 20 heavy (non-hydrogen) atoms. The lowest BCUT2D eigenvalue weighted by Gasteiger charge is -2.27. The molecule has 2 unspecified atom stereocenters. The van der Waals surface area contributed by atoms with E-state index in [-0.39, 0.29) is 0 Å². The summed E-state index contributed by atoms with van der Waals surface area (Å²) in [5.74, 6) is 4.61. The van der Waals surface area contributed by atoms with Crippen LogP contribution in [0.15, 0.2) is 0 Å². The number of nitrogens with zero attached hydrogens (tertiary/aromatic N) is 2. The number of aryl methyl sites for hydroxylation is 1. The molecule has 0 bridgehead atoms. The van der Waals surface area contributed by atoms with E-state index in [1.165, 1.54) is 42.0 Å². The highest BCUT2D eigenvalue weighted by molar-refractivity contribution is 8.06. The van der Waals surface area contributed by atoms with E-state index in [1.807, 2.05) is 18.8 Å². The average Bonchev–Trinajstić information content (AvgIpc) is 2.72. The first-order valence-corrected chi connectivity index (χ1v) is 9.70. The zero-order valence-corrected chi connectivity index (χ0v) is 13.9. The number of hydrogen-bond acceptors (Lipinski definition) is 5. The van der Waals surface area contributed by atoms with Crippen LogP contribution in [-0.2, 0) is 12.8 Å². The molecule has 1 aliphatic heterocycles. The van der Waals surface area contributed by atoms with Gasteiger partial charge in [-0.05, 0) is 25.7 Å². The van der Waals surface area contributed by atoms with Crippen molar-refractivity contribution in [2.24, 2.45) is 0 Å². The molecule has 1 fully saturated rings. The van der Waals surface area contributed by atoms with Gasteiger partial charge in [0, 0.05) is 35.1 Å². The molecule has 110 valence electrons. The number of aromatic nitrogens is 2. The van der Waals surface area contributed by atoms with Gasteiger partial charge in [-0.25, -0.2) is 9.97 Å². The zero-order valence-electron chi connectivity index (χ0n) is 12.3. The predicted octanol–water partition coefficient (Wildman–Crippen LogP) is 3.70. The molecule has 0 aromatic carbocycles. The maximum absolute atomic E-state index is 4.97. The Kier molecular flexibility index (Phi) is 4.76. The van der Waals surface area contributed by atoms with Gasteiger partial charge >= 0.3 is 0 Å². The van der Waals surface area contributed by atoms with Crippen molar-refractivity contribution in [3.8, 4) is 0 Å². The second kappa shape index (κ2) is 6.56. The van der Waals surface area contributed by atoms with Crippen LogP contribution in [-0.4, -0.2) is 33.8 Å². The molecule has 2 heterocycles. The zero-order chi connectivity index (χ0) is 13.9. The van der Waals surface area contributed by atoms with Crippen molar-refractivity contribution in [1.29, 1.82) is 0 Å². The highest BCUT2D eigenvalue weighted by Crippen LogP contribution is 2.42. The summed E-state index contributed by atoms with van der Waals surface area (Å²) in [7, 11) is 1.99. The first-order chi connectivity index (χ1) is 9.79. The van der Waals surface area contributed by atoms with Crippen LogP contribution in [0.5, 0.6) is 0 Å². The molecule has 2 aliphatic rings. The maximum atomic E-state index is 4.97. The van der Waals surface area contributed by atoms with Crippen molar-refractivity contribution in [2.75, 3.05) is 23.9 Å². The molecule has 0 radical (unpaired) electrons. The lowest BCUT2D eigenvalue weighted by molar-refractivity contribution is 0.707. The molecule has 1 aliphatic carbocycles. The summed E-state index contributed by atoms with van der Waals surface area (Å²) >= 11 is 4.08. The number of thioether (sulfide) groups is 2. The fraction of sp³-hybridized carbons (Fsp3) is 0.733. The molecule has 1 N–H and O–H groups in total. The SMILES string of the molecule is CNc1nc(C2SCCSC2C)nc2c1CCCCC2. The summed E-state index contributed by atoms with van der Waals surface area (Å²) in [6.45, 7) is 2.32. The van der Waals surface area contributed by atoms with E-state index in [2.05, 4.69) is 24.0 Å². The van der Waals surface area contributed by atoms with Crippen LogP contribution in [0.3, 0.4) is 0 Å². The molecular weight excluding hydrogens is 286 g/mol. The minimum atomic E-state index is 0.453. The third-order valence-corrected chi connectivity index (χ3v) is 7.22. The van der Waals surface area contributed by atoms with Crippen molar-refractivity contribution in [2.45, 2.75) is 49.5 Å². The van der Waals surface area contributed by atoms with E-state index in [0.29, 0.717) is 10.5 Å². The van der Waals surface area contributed by atoms with E-state index in [0.717, 1.165) is 24.5 Å². The summed E-state index contributed by atoms with van der Waals surface area (Å²) in [4.78, 5) is 9.83. The lowest BCUT2D eigenvalue weighted by Crippen LogP contribution is -2.20. The predicted molar refractivity (Wildman–Crippen MR) is 90.0 cm³/mol. The molecule has 5 heteroatoms. The highest BCUT2D eigenvalue weighted by Gasteiger charge is 2.28. The Labute approximate surface area is 130 Å². The van der Waals surface area contributed by atoms with Crippen LogP contribution in [0.25, 0.3) is 0 Å². The largest absolute Gasteiger partial charge is 0.373 e. The molecular formula is C15H23N3S2. The van der Waals surface area contributed by atoms with Crippen molar-refractivity contribution < 1.29 is 0 Å². The highest BCUT2D eigenvalue weighted by atomic mass is 32.2. The van der Waals surface area contributed by atoms with Gasteiger partial charge in [-0.2, -0.15) is 11.8 Å². The van der Waals surface area contributed by atoms with Gasteiger partial charge in [0.05, 0.1) is 5.25 Å². The number of nitrogens with one attached hydrogen (secondary N) is 1. The topological polar surface area (TPSA) is 37.8 Å². The van der Waals surface area contributed by atoms with E-state index < -0.39 is 0 Å². The molecule has 0 saturated carbocycles. The van der Waals surface area contributed by atoms with Crippen LogP contribution in [0.1, 0.15) is 48.5 Å². The molecule has 0 spiro atoms. The second-order valence-corrected chi connectivity index (χ2v) is 8.27. The number of anilines is 1. The van der Waals surface area contributed by atoms with Gasteiger partial charge in [0.25, 0.3) is 0 Å². The Bertz CT molecular complexity index is 478. The van der Waals surface area contributed by atoms with Gasteiger partial charge in [0.2, 0.25) is 0 Å². The Morgan fingerprint density at radius 3 is 2.65 bits per heavy atom. The monoisotopic (exact) mass is 309 g/mol. The normalized spacial score (nSPS) is 26.7. The Balaban J connectivity index is 1.97. The minimum Gasteiger partial charge on any atom is -0.373 e. The summed E-state index contributed by atoms with van der Waals surface area (Å²) in [5.41, 5.74) is 2.68. The van der Waals surface area contributed by atoms with Gasteiger partial charge < -0.3 is 5.32 Å². The number of rotatable bonds is 2. The Morgan fingerprint density at radius 2 is 1.85 bits per heavy atom. The summed E-state index contributed by atoms with van der Waals surface area (Å²) in [6, 6.07) is 0. The standard InChI is InChI=1S/C15H23N3S2/c1-10-13(20-9-8-19-10)15-17-12-7-5-3-4-6-11(12)14(16-2)18-15/h10,13H,3-9H2,1-2H3,(H,16,17,18). The van der Waals surface area contributed by atoms with Gasteiger partial charge in [-0.15, -0.1) is 11.8 Å². The lowest BCUT2D eigenvalue weighted by atomic mass is 10.1. The number of hydrogen-bond donors (Lipinski definition) is 1. The minimum absolute atomic E-state index is 0.453. The van der Waals surface area contributed by atoms with Crippen molar-refractivity contribution >= 4 is 29.3 Å². The van der Waals surface area contributed by atoms with Gasteiger partial charge in [-0.1, -0.05) is 13.3 Å². The summed E-state index contributed by atoms with van der Waals surface area (Å²) < 4.78 is 0. The quantitative estimate of drug-likeness (QED) is 0.843. The van der Waals surface area contributed by atoms with Crippen LogP contribution < -0.4 is 5.32 Å². The first-order valence-electron chi connectivity index (χ1n) is 7.60. The third kappa shape index (κ3) is 2.93. The smallest absolute Gasteiger partial charge is 0.145 e. The van der Waals surface area contributed by atoms with E-state index in [1.54, 1.807) is 0 Å². The molecule has 1 aromatic heterocycles. The first kappa shape index (κ1) is 14.5. The van der Waals surface area contributed by atoms with Crippen molar-refractivity contribution in [3.63, 3.8) is 0 Å². The third-order valence-electron chi connectivity index (χ3n) is 4.13. The van der Waals surface area contributed by atoms with Crippen LogP contribution in [0.4, 0.5) is 5.82 Å². The van der Waals surface area contributed by atoms with Gasteiger partial charge in [0.15, 0.2) is 0 Å². The van der Waals surface area contributed by atoms with Gasteiger partial charge in [0.1, 0.15) is 11.6 Å². The van der Waals surface area contributed by atoms with Crippen LogP contribution in [0, 0.1) is 0 Å². The molecule has 1 saturated heterocycles. The summed E-state index contributed by atoms with van der Waals surface area (Å²) in [6.07, 6.45) is 6.12. The maximum Gasteiger partial charge on any atom is 0.145 e. The molecule has 3 rings (SSSR count). The van der Waals surface area contributed by atoms with E-state index >= 15 is 0 Å². The van der Waals surface area contributed by atoms with Crippen molar-refractivity contribution in [3.05, 3.63) is 17.1 Å².